The summed E-state index contributed by atoms with van der Waals surface area (Å²) in [7, 11) is -2.36. The molecule has 2 aliphatic carbocycles. The number of benzene rings is 1. The van der Waals surface area contributed by atoms with Crippen LogP contribution in [0.2, 0.25) is 0 Å². The highest BCUT2D eigenvalue weighted by molar-refractivity contribution is 7.89. The summed E-state index contributed by atoms with van der Waals surface area (Å²) >= 11 is 0. The van der Waals surface area contributed by atoms with Crippen LogP contribution in [0.3, 0.4) is 0 Å². The van der Waals surface area contributed by atoms with Crippen LogP contribution in [-0.2, 0) is 33.9 Å². The van der Waals surface area contributed by atoms with E-state index in [-0.39, 0.29) is 53.0 Å². The SMILES string of the molecule is COc1ccc(S(=O)(=O)N2CCOCC2)cc1NC(=O)COC(=O)C1C[C@H]2CCC[C@@H](C1)C2=O. The number of ether oxygens (including phenoxy) is 3. The van der Waals surface area contributed by atoms with Gasteiger partial charge in [0.1, 0.15) is 11.5 Å². The van der Waals surface area contributed by atoms with E-state index < -0.39 is 28.5 Å². The summed E-state index contributed by atoms with van der Waals surface area (Å²) in [6, 6.07) is 4.21. The molecule has 1 aliphatic heterocycles. The third-order valence-electron chi connectivity index (χ3n) is 6.78. The number of fused-ring (bicyclic) bond motifs is 2. The van der Waals surface area contributed by atoms with Gasteiger partial charge in [-0.3, -0.25) is 14.4 Å². The van der Waals surface area contributed by atoms with Crippen LogP contribution in [0.25, 0.3) is 0 Å². The highest BCUT2D eigenvalue weighted by Crippen LogP contribution is 2.40. The Morgan fingerprint density at radius 3 is 2.47 bits per heavy atom. The van der Waals surface area contributed by atoms with Crippen molar-refractivity contribution in [3.05, 3.63) is 18.2 Å². The molecule has 1 N–H and O–H groups in total. The number of amides is 1. The van der Waals surface area contributed by atoms with Gasteiger partial charge in [-0.2, -0.15) is 4.31 Å². The molecule has 34 heavy (non-hydrogen) atoms. The molecule has 186 valence electrons. The van der Waals surface area contributed by atoms with E-state index in [1.165, 1.54) is 29.6 Å². The van der Waals surface area contributed by atoms with Crippen LogP contribution in [0, 0.1) is 17.8 Å². The quantitative estimate of drug-likeness (QED) is 0.566. The van der Waals surface area contributed by atoms with Crippen LogP contribution in [-0.4, -0.2) is 70.4 Å². The molecule has 0 aromatic heterocycles. The van der Waals surface area contributed by atoms with E-state index >= 15 is 0 Å². The Morgan fingerprint density at radius 1 is 1.15 bits per heavy atom. The van der Waals surface area contributed by atoms with Crippen molar-refractivity contribution in [2.75, 3.05) is 45.3 Å². The van der Waals surface area contributed by atoms with E-state index in [4.69, 9.17) is 14.2 Å². The van der Waals surface area contributed by atoms with Crippen molar-refractivity contribution in [3.8, 4) is 5.75 Å². The van der Waals surface area contributed by atoms with Crippen LogP contribution in [0.4, 0.5) is 5.69 Å². The number of ketones is 1. The van der Waals surface area contributed by atoms with Crippen molar-refractivity contribution in [2.45, 2.75) is 37.0 Å². The van der Waals surface area contributed by atoms with Crippen molar-refractivity contribution in [1.82, 2.24) is 4.31 Å². The zero-order chi connectivity index (χ0) is 24.3. The standard InChI is InChI=1S/C23H30N2O8S/c1-31-20-6-5-18(34(29,30)25-7-9-32-10-8-25)13-19(20)24-21(26)14-33-23(28)17-11-15-3-2-4-16(12-17)22(15)27/h5-6,13,15-17H,2-4,7-12,14H2,1H3,(H,24,26)/t15-,16+,17?. The number of hydrogen-bond donors (Lipinski definition) is 1. The zero-order valence-electron chi connectivity index (χ0n) is 19.2. The molecule has 10 nitrogen and oxygen atoms in total. The van der Waals surface area contributed by atoms with Gasteiger partial charge in [0.05, 0.1) is 36.8 Å². The number of Topliss-reactive ketones (excluding diaryl/α,β-unsaturated/α-hetero) is 1. The van der Waals surface area contributed by atoms with Gasteiger partial charge in [0, 0.05) is 24.9 Å². The van der Waals surface area contributed by atoms with Crippen LogP contribution < -0.4 is 10.1 Å². The number of anilines is 1. The molecule has 1 saturated heterocycles. The average Bonchev–Trinajstić information content (AvgIpc) is 2.83. The molecule has 0 radical (unpaired) electrons. The number of morpholine rings is 1. The van der Waals surface area contributed by atoms with Gasteiger partial charge >= 0.3 is 5.97 Å². The molecule has 1 heterocycles. The van der Waals surface area contributed by atoms with Crippen LogP contribution >= 0.6 is 0 Å². The lowest BCUT2D eigenvalue weighted by Gasteiger charge is -2.36. The summed E-state index contributed by atoms with van der Waals surface area (Å²) in [5.74, 6) is -1.10. The lowest BCUT2D eigenvalue weighted by molar-refractivity contribution is -0.155. The van der Waals surface area contributed by atoms with Gasteiger partial charge in [-0.25, -0.2) is 8.42 Å². The maximum absolute atomic E-state index is 12.9. The number of carbonyl (C=O) groups is 3. The van der Waals surface area contributed by atoms with Gasteiger partial charge in [0.2, 0.25) is 10.0 Å². The van der Waals surface area contributed by atoms with Gasteiger partial charge in [-0.05, 0) is 43.9 Å². The topological polar surface area (TPSA) is 128 Å². The fourth-order valence-corrected chi connectivity index (χ4v) is 6.43. The molecule has 1 unspecified atom stereocenters. The van der Waals surface area contributed by atoms with E-state index in [2.05, 4.69) is 5.32 Å². The van der Waals surface area contributed by atoms with Gasteiger partial charge in [0.25, 0.3) is 5.91 Å². The first-order valence-electron chi connectivity index (χ1n) is 11.6. The normalized spacial score (nSPS) is 25.4. The molecule has 4 rings (SSSR count). The molecular formula is C23H30N2O8S. The Hall–Kier alpha value is -2.50. The van der Waals surface area contributed by atoms with Gasteiger partial charge in [-0.1, -0.05) is 6.42 Å². The predicted molar refractivity (Wildman–Crippen MR) is 121 cm³/mol. The molecule has 1 amide bonds. The van der Waals surface area contributed by atoms with Crippen molar-refractivity contribution >= 4 is 33.4 Å². The Morgan fingerprint density at radius 2 is 1.82 bits per heavy atom. The lowest BCUT2D eigenvalue weighted by Crippen LogP contribution is -2.40. The molecule has 3 atom stereocenters. The summed E-state index contributed by atoms with van der Waals surface area (Å²) < 4.78 is 42.9. The number of esters is 1. The van der Waals surface area contributed by atoms with E-state index in [0.29, 0.717) is 26.1 Å². The lowest BCUT2D eigenvalue weighted by atomic mass is 9.67. The molecule has 1 aromatic carbocycles. The molecule has 3 fully saturated rings. The number of rotatable bonds is 7. The highest BCUT2D eigenvalue weighted by atomic mass is 32.2. The highest BCUT2D eigenvalue weighted by Gasteiger charge is 2.42. The smallest absolute Gasteiger partial charge is 0.309 e. The zero-order valence-corrected chi connectivity index (χ0v) is 20.0. The number of sulfonamides is 1. The van der Waals surface area contributed by atoms with E-state index in [9.17, 15) is 22.8 Å². The second kappa shape index (κ2) is 10.4. The first kappa shape index (κ1) is 24.6. The van der Waals surface area contributed by atoms with Crippen molar-refractivity contribution in [1.29, 1.82) is 0 Å². The minimum Gasteiger partial charge on any atom is -0.495 e. The summed E-state index contributed by atoms with van der Waals surface area (Å²) in [6.45, 7) is 0.630. The first-order chi connectivity index (χ1) is 16.3. The number of methoxy groups -OCH3 is 1. The van der Waals surface area contributed by atoms with Gasteiger partial charge < -0.3 is 19.5 Å². The van der Waals surface area contributed by atoms with Gasteiger partial charge in [-0.15, -0.1) is 0 Å². The first-order valence-corrected chi connectivity index (χ1v) is 13.0. The Balaban J connectivity index is 1.38. The third kappa shape index (κ3) is 5.26. The molecule has 3 aliphatic rings. The summed E-state index contributed by atoms with van der Waals surface area (Å²) in [5.41, 5.74) is 0.163. The fraction of sp³-hybridized carbons (Fsp3) is 0.609. The average molecular weight is 495 g/mol. The summed E-state index contributed by atoms with van der Waals surface area (Å²) in [6.07, 6.45) is 3.58. The number of hydrogen-bond acceptors (Lipinski definition) is 8. The molecule has 0 spiro atoms. The summed E-state index contributed by atoms with van der Waals surface area (Å²) in [4.78, 5) is 37.3. The van der Waals surface area contributed by atoms with Crippen LogP contribution in [0.15, 0.2) is 23.1 Å². The van der Waals surface area contributed by atoms with E-state index in [1.54, 1.807) is 0 Å². The largest absolute Gasteiger partial charge is 0.495 e. The molecule has 11 heteroatoms. The number of nitrogens with one attached hydrogen (secondary N) is 1. The Kier molecular flexibility index (Phi) is 7.54. The Bertz CT molecular complexity index is 1040. The summed E-state index contributed by atoms with van der Waals surface area (Å²) in [5, 5.41) is 2.58. The predicted octanol–water partition coefficient (Wildman–Crippen LogP) is 1.59. The third-order valence-corrected chi connectivity index (χ3v) is 8.67. The van der Waals surface area contributed by atoms with Crippen LogP contribution in [0.5, 0.6) is 5.75 Å². The molecular weight excluding hydrogens is 464 g/mol. The Labute approximate surface area is 199 Å². The number of nitrogens with zero attached hydrogens (tertiary/aromatic N) is 1. The molecule has 2 saturated carbocycles. The molecule has 2 bridgehead atoms. The van der Waals surface area contributed by atoms with Crippen LogP contribution in [0.1, 0.15) is 32.1 Å². The maximum Gasteiger partial charge on any atom is 0.309 e. The second-order valence-electron chi connectivity index (χ2n) is 8.93. The minimum atomic E-state index is -3.76. The van der Waals surface area contributed by atoms with Gasteiger partial charge in [0.15, 0.2) is 6.61 Å². The van der Waals surface area contributed by atoms with Crippen molar-refractivity contribution in [2.24, 2.45) is 17.8 Å². The van der Waals surface area contributed by atoms with E-state index in [0.717, 1.165) is 19.3 Å². The number of carbonyl (C=O) groups excluding carboxylic acids is 3. The second-order valence-corrected chi connectivity index (χ2v) is 10.9. The fourth-order valence-electron chi connectivity index (χ4n) is 4.99. The van der Waals surface area contributed by atoms with Crippen molar-refractivity contribution in [3.63, 3.8) is 0 Å². The monoisotopic (exact) mass is 494 g/mol. The minimum absolute atomic E-state index is 0.0147. The molecule has 1 aromatic rings. The maximum atomic E-state index is 12.9. The van der Waals surface area contributed by atoms with E-state index in [1.807, 2.05) is 0 Å². The van der Waals surface area contributed by atoms with Crippen molar-refractivity contribution < 1.29 is 37.0 Å².